The van der Waals surface area contributed by atoms with Crippen LogP contribution in [-0.2, 0) is 0 Å². The zero-order chi connectivity index (χ0) is 31.6. The van der Waals surface area contributed by atoms with Gasteiger partial charge in [-0.3, -0.25) is 4.98 Å². The van der Waals surface area contributed by atoms with Crippen molar-refractivity contribution < 1.29 is 0 Å². The van der Waals surface area contributed by atoms with Gasteiger partial charge in [-0.1, -0.05) is 121 Å². The summed E-state index contributed by atoms with van der Waals surface area (Å²) in [6, 6.07) is 61.1. The van der Waals surface area contributed by atoms with Crippen LogP contribution < -0.4 is 0 Å². The maximum absolute atomic E-state index is 4.94. The predicted octanol–water partition coefficient (Wildman–Crippen LogP) is 11.8. The minimum Gasteiger partial charge on any atom is -0.307 e. The molecule has 0 atom stereocenters. The molecular weight excluding hydrogens is 583 g/mol. The number of aromatic nitrogens is 3. The number of hydrogen-bond acceptors (Lipinski definition) is 1. The minimum absolute atomic E-state index is 0.991. The van der Waals surface area contributed by atoms with Crippen molar-refractivity contribution in [3.63, 3.8) is 0 Å². The monoisotopic (exact) mass is 611 g/mol. The Hall–Kier alpha value is -6.45. The molecule has 0 saturated heterocycles. The van der Waals surface area contributed by atoms with Crippen LogP contribution in [0.25, 0.3) is 88.1 Å². The molecule has 7 aromatic carbocycles. The Morgan fingerprint density at radius 1 is 0.354 bits per heavy atom. The van der Waals surface area contributed by atoms with Crippen LogP contribution in [0.3, 0.4) is 0 Å². The second-order valence-corrected chi connectivity index (χ2v) is 12.4. The molecule has 3 heterocycles. The van der Waals surface area contributed by atoms with Gasteiger partial charge in [0.15, 0.2) is 0 Å². The van der Waals surface area contributed by atoms with Gasteiger partial charge in [-0.2, -0.15) is 0 Å². The second kappa shape index (κ2) is 10.5. The highest BCUT2D eigenvalue weighted by Gasteiger charge is 2.22. The first-order chi connectivity index (χ1) is 23.8. The molecule has 3 aromatic heterocycles. The normalized spacial score (nSPS) is 11.8. The highest BCUT2D eigenvalue weighted by atomic mass is 15.0. The Balaban J connectivity index is 1.39. The van der Waals surface area contributed by atoms with Gasteiger partial charge in [0, 0.05) is 32.6 Å². The lowest BCUT2D eigenvalue weighted by molar-refractivity contribution is 1.14. The second-order valence-electron chi connectivity index (χ2n) is 12.4. The van der Waals surface area contributed by atoms with Crippen LogP contribution in [0.4, 0.5) is 0 Å². The van der Waals surface area contributed by atoms with E-state index in [4.69, 9.17) is 4.98 Å². The third kappa shape index (κ3) is 4.04. The molecule has 0 spiro atoms. The highest BCUT2D eigenvalue weighted by molar-refractivity contribution is 6.24. The molecule has 0 aliphatic heterocycles. The van der Waals surface area contributed by atoms with Crippen molar-refractivity contribution in [1.82, 2.24) is 14.1 Å². The van der Waals surface area contributed by atoms with Crippen LogP contribution in [-0.4, -0.2) is 14.1 Å². The zero-order valence-electron chi connectivity index (χ0n) is 26.1. The maximum Gasteiger partial charge on any atom is 0.0789 e. The molecule has 0 saturated carbocycles. The van der Waals surface area contributed by atoms with Crippen LogP contribution in [0.15, 0.2) is 176 Å². The Morgan fingerprint density at radius 2 is 0.854 bits per heavy atom. The van der Waals surface area contributed by atoms with Gasteiger partial charge in [0.2, 0.25) is 0 Å². The van der Waals surface area contributed by atoms with E-state index < -0.39 is 0 Å². The van der Waals surface area contributed by atoms with Gasteiger partial charge in [-0.25, -0.2) is 0 Å². The Bertz CT molecular complexity index is 2810. The third-order valence-electron chi connectivity index (χ3n) is 9.72. The zero-order valence-corrected chi connectivity index (χ0v) is 26.1. The topological polar surface area (TPSA) is 22.8 Å². The van der Waals surface area contributed by atoms with E-state index in [1.165, 1.54) is 60.3 Å². The number of hydrogen-bond donors (Lipinski definition) is 0. The van der Waals surface area contributed by atoms with E-state index in [0.29, 0.717) is 0 Å². The summed E-state index contributed by atoms with van der Waals surface area (Å²) in [5.41, 5.74) is 12.7. The molecule has 3 nitrogen and oxygen atoms in total. The van der Waals surface area contributed by atoms with Crippen molar-refractivity contribution in [3.8, 4) is 33.6 Å². The molecule has 10 rings (SSSR count). The van der Waals surface area contributed by atoms with Crippen LogP contribution in [0, 0.1) is 0 Å². The van der Waals surface area contributed by atoms with Gasteiger partial charge in [0.25, 0.3) is 0 Å². The molecule has 0 aliphatic rings. The van der Waals surface area contributed by atoms with Gasteiger partial charge in [0.1, 0.15) is 0 Å². The number of pyridine rings is 1. The summed E-state index contributed by atoms with van der Waals surface area (Å²) in [6.45, 7) is 0. The number of nitrogens with zero attached hydrogens (tertiary/aromatic N) is 3. The van der Waals surface area contributed by atoms with E-state index in [9.17, 15) is 0 Å². The molecule has 0 amide bonds. The van der Waals surface area contributed by atoms with E-state index >= 15 is 0 Å². The van der Waals surface area contributed by atoms with Crippen molar-refractivity contribution in [2.75, 3.05) is 0 Å². The summed E-state index contributed by atoms with van der Waals surface area (Å²) < 4.78 is 4.88. The molecule has 48 heavy (non-hydrogen) atoms. The third-order valence-corrected chi connectivity index (χ3v) is 9.72. The molecular formula is C45H29N3. The van der Waals surface area contributed by atoms with Crippen molar-refractivity contribution in [1.29, 1.82) is 0 Å². The Labute approximate surface area is 277 Å². The van der Waals surface area contributed by atoms with Crippen molar-refractivity contribution in [2.45, 2.75) is 0 Å². The summed E-state index contributed by atoms with van der Waals surface area (Å²) in [5.74, 6) is 0. The number of para-hydroxylation sites is 2. The molecule has 0 bridgehead atoms. The molecule has 3 heteroatoms. The summed E-state index contributed by atoms with van der Waals surface area (Å²) in [7, 11) is 0. The lowest BCUT2D eigenvalue weighted by atomic mass is 10.0. The van der Waals surface area contributed by atoms with Crippen molar-refractivity contribution in [3.05, 3.63) is 176 Å². The maximum atomic E-state index is 4.94. The summed E-state index contributed by atoms with van der Waals surface area (Å²) >= 11 is 0. The standard InChI is InChI=1S/C45H29N3/c1-4-12-30(13-5-1)32-20-24-42-39(27-32)37-22-23-38-40-28-33(31-14-6-2-7-15-31)21-25-43(40)48(36-26-34-16-10-11-19-41(34)46-29-36)45(38)44(37)47(42)35-17-8-3-9-18-35/h1-29H. The fraction of sp³-hybridized carbons (Fsp3) is 0. The highest BCUT2D eigenvalue weighted by Crippen LogP contribution is 2.43. The fourth-order valence-corrected chi connectivity index (χ4v) is 7.52. The van der Waals surface area contributed by atoms with Crippen LogP contribution in [0.2, 0.25) is 0 Å². The quantitative estimate of drug-likeness (QED) is 0.194. The SMILES string of the molecule is c1ccc(-c2ccc3c(c2)c2ccc4c5cc(-c6ccccc6)ccc5n(-c5cnc6ccccc6c5)c4c2n3-c2ccccc2)cc1. The summed E-state index contributed by atoms with van der Waals surface area (Å²) in [6.07, 6.45) is 2.02. The molecule has 0 N–H and O–H groups in total. The lowest BCUT2D eigenvalue weighted by Gasteiger charge is -2.13. The number of fused-ring (bicyclic) bond motifs is 8. The molecule has 0 fully saturated rings. The van der Waals surface area contributed by atoms with Crippen LogP contribution in [0.5, 0.6) is 0 Å². The average molecular weight is 612 g/mol. The van der Waals surface area contributed by atoms with Gasteiger partial charge in [-0.05, 0) is 70.8 Å². The van der Waals surface area contributed by atoms with E-state index in [2.05, 4.69) is 173 Å². The largest absolute Gasteiger partial charge is 0.307 e. The first kappa shape index (κ1) is 26.7. The van der Waals surface area contributed by atoms with Gasteiger partial charge in [-0.15, -0.1) is 0 Å². The first-order valence-corrected chi connectivity index (χ1v) is 16.4. The van der Waals surface area contributed by atoms with Crippen LogP contribution >= 0.6 is 0 Å². The van der Waals surface area contributed by atoms with Gasteiger partial charge >= 0.3 is 0 Å². The van der Waals surface area contributed by atoms with Gasteiger partial charge in [0.05, 0.1) is 39.5 Å². The summed E-state index contributed by atoms with van der Waals surface area (Å²) in [5, 5.41) is 6.01. The molecule has 0 radical (unpaired) electrons. The Morgan fingerprint density at radius 3 is 1.44 bits per heavy atom. The molecule has 10 aromatic rings. The predicted molar refractivity (Wildman–Crippen MR) is 201 cm³/mol. The number of rotatable bonds is 4. The van der Waals surface area contributed by atoms with E-state index in [1.807, 2.05) is 12.3 Å². The minimum atomic E-state index is 0.991. The summed E-state index contributed by atoms with van der Waals surface area (Å²) in [4.78, 5) is 4.94. The average Bonchev–Trinajstić information content (AvgIpc) is 3.68. The van der Waals surface area contributed by atoms with E-state index in [1.54, 1.807) is 0 Å². The van der Waals surface area contributed by atoms with E-state index in [-0.39, 0.29) is 0 Å². The number of benzene rings is 7. The van der Waals surface area contributed by atoms with Crippen LogP contribution in [0.1, 0.15) is 0 Å². The molecule has 224 valence electrons. The molecule has 0 aliphatic carbocycles. The smallest absolute Gasteiger partial charge is 0.0789 e. The van der Waals surface area contributed by atoms with Crippen molar-refractivity contribution >= 4 is 54.5 Å². The Kier molecular flexibility index (Phi) is 5.87. The van der Waals surface area contributed by atoms with E-state index in [0.717, 1.165) is 27.8 Å². The lowest BCUT2D eigenvalue weighted by Crippen LogP contribution is -1.99. The fourth-order valence-electron chi connectivity index (χ4n) is 7.52. The molecule has 0 unspecified atom stereocenters. The van der Waals surface area contributed by atoms with Crippen molar-refractivity contribution in [2.24, 2.45) is 0 Å². The first-order valence-electron chi connectivity index (χ1n) is 16.4. The van der Waals surface area contributed by atoms with Gasteiger partial charge < -0.3 is 9.13 Å².